The van der Waals surface area contributed by atoms with E-state index in [1.54, 1.807) is 12.4 Å². The average molecular weight is 293 g/mol. The number of rotatable bonds is 2. The maximum atomic E-state index is 12.5. The average Bonchev–Trinajstić information content (AvgIpc) is 3.06. The molecular weight excluding hydrogens is 278 g/mol. The Kier molecular flexibility index (Phi) is 3.36. The molecule has 0 spiro atoms. The Labute approximate surface area is 120 Å². The second-order valence-electron chi connectivity index (χ2n) is 4.65. The smallest absolute Gasteiger partial charge is 0.266 e. The molecule has 1 unspecified atom stereocenters. The van der Waals surface area contributed by atoms with Crippen LogP contribution in [0.2, 0.25) is 0 Å². The van der Waals surface area contributed by atoms with Gasteiger partial charge in [0, 0.05) is 36.6 Å². The van der Waals surface area contributed by atoms with E-state index in [9.17, 15) is 4.79 Å². The van der Waals surface area contributed by atoms with Crippen molar-refractivity contribution in [1.29, 1.82) is 0 Å². The fourth-order valence-electron chi connectivity index (χ4n) is 2.28. The number of hydrogen-bond donors (Lipinski definition) is 1. The van der Waals surface area contributed by atoms with Crippen LogP contribution >= 0.6 is 23.1 Å². The van der Waals surface area contributed by atoms with E-state index in [4.69, 9.17) is 5.73 Å². The van der Waals surface area contributed by atoms with Gasteiger partial charge in [-0.3, -0.25) is 9.78 Å². The monoisotopic (exact) mass is 293 g/mol. The van der Waals surface area contributed by atoms with E-state index in [1.165, 1.54) is 11.3 Å². The Hall–Kier alpha value is -1.27. The lowest BCUT2D eigenvalue weighted by molar-refractivity contribution is 0.0754. The highest BCUT2D eigenvalue weighted by Crippen LogP contribution is 2.34. The summed E-state index contributed by atoms with van der Waals surface area (Å²) in [5, 5.41) is 0.928. The molecule has 2 N–H and O–H groups in total. The minimum Gasteiger partial charge on any atom is -0.397 e. The van der Waals surface area contributed by atoms with Crippen LogP contribution in [0.15, 0.2) is 18.5 Å². The molecule has 1 atom stereocenters. The first-order chi connectivity index (χ1) is 9.18. The van der Waals surface area contributed by atoms with Crippen LogP contribution in [0, 0.1) is 0 Å². The molecule has 100 valence electrons. The molecule has 2 aromatic rings. The van der Waals surface area contributed by atoms with Crippen molar-refractivity contribution < 1.29 is 4.79 Å². The van der Waals surface area contributed by atoms with Gasteiger partial charge in [-0.1, -0.05) is 0 Å². The van der Waals surface area contributed by atoms with E-state index in [0.29, 0.717) is 16.6 Å². The molecule has 0 saturated carbocycles. The standard InChI is InChI=1S/C13H15N3OS2/c1-16(8-3-5-18-7-8)13(17)12-11(14)9-2-4-15-6-10(9)19-12/h2,4,6,8H,3,5,7,14H2,1H3. The first-order valence-corrected chi connectivity index (χ1v) is 8.12. The van der Waals surface area contributed by atoms with Crippen LogP contribution in [0.25, 0.3) is 10.1 Å². The number of anilines is 1. The molecule has 1 fully saturated rings. The lowest BCUT2D eigenvalue weighted by Crippen LogP contribution is -2.36. The van der Waals surface area contributed by atoms with Gasteiger partial charge in [0.05, 0.1) is 10.4 Å². The summed E-state index contributed by atoms with van der Waals surface area (Å²) < 4.78 is 0.970. The third-order valence-corrected chi connectivity index (χ3v) is 5.79. The van der Waals surface area contributed by atoms with Crippen molar-refractivity contribution in [3.63, 3.8) is 0 Å². The van der Waals surface area contributed by atoms with Crippen LogP contribution in [-0.2, 0) is 0 Å². The zero-order valence-corrected chi connectivity index (χ0v) is 12.3. The van der Waals surface area contributed by atoms with Gasteiger partial charge in [0.2, 0.25) is 0 Å². The van der Waals surface area contributed by atoms with Gasteiger partial charge in [-0.05, 0) is 18.2 Å². The van der Waals surface area contributed by atoms with Gasteiger partial charge in [-0.2, -0.15) is 11.8 Å². The zero-order valence-electron chi connectivity index (χ0n) is 10.6. The van der Waals surface area contributed by atoms with Crippen LogP contribution in [0.1, 0.15) is 16.1 Å². The maximum absolute atomic E-state index is 12.5. The molecule has 3 heterocycles. The summed E-state index contributed by atoms with van der Waals surface area (Å²) >= 11 is 3.33. The number of nitrogens with two attached hydrogens (primary N) is 1. The van der Waals surface area contributed by atoms with Gasteiger partial charge in [0.1, 0.15) is 4.88 Å². The Morgan fingerprint density at radius 3 is 3.11 bits per heavy atom. The predicted molar refractivity (Wildman–Crippen MR) is 81.9 cm³/mol. The summed E-state index contributed by atoms with van der Waals surface area (Å²) in [5.74, 6) is 2.19. The fourth-order valence-corrected chi connectivity index (χ4v) is 4.62. The number of thiophene rings is 1. The van der Waals surface area contributed by atoms with Crippen molar-refractivity contribution in [2.75, 3.05) is 24.3 Å². The molecule has 6 heteroatoms. The van der Waals surface area contributed by atoms with E-state index in [0.717, 1.165) is 28.0 Å². The summed E-state index contributed by atoms with van der Waals surface area (Å²) in [5.41, 5.74) is 6.69. The molecule has 1 aliphatic heterocycles. The predicted octanol–water partition coefficient (Wildman–Crippen LogP) is 2.46. The van der Waals surface area contributed by atoms with Crippen molar-refractivity contribution in [1.82, 2.24) is 9.88 Å². The summed E-state index contributed by atoms with van der Waals surface area (Å²) in [6, 6.07) is 2.20. The minimum atomic E-state index is 0.0335. The minimum absolute atomic E-state index is 0.0335. The summed E-state index contributed by atoms with van der Waals surface area (Å²) in [6.07, 6.45) is 4.54. The Bertz CT molecular complexity index is 619. The van der Waals surface area contributed by atoms with Gasteiger partial charge in [0.25, 0.3) is 5.91 Å². The number of nitrogens with zero attached hydrogens (tertiary/aromatic N) is 2. The Morgan fingerprint density at radius 2 is 2.42 bits per heavy atom. The lowest BCUT2D eigenvalue weighted by Gasteiger charge is -2.23. The third kappa shape index (κ3) is 2.19. The molecule has 0 aromatic carbocycles. The number of thioether (sulfide) groups is 1. The fraction of sp³-hybridized carbons (Fsp3) is 0.385. The zero-order chi connectivity index (χ0) is 13.4. The molecular formula is C13H15N3OS2. The first-order valence-electron chi connectivity index (χ1n) is 6.15. The van der Waals surface area contributed by atoms with Crippen molar-refractivity contribution in [3.8, 4) is 0 Å². The summed E-state index contributed by atoms with van der Waals surface area (Å²) in [6.45, 7) is 0. The van der Waals surface area contributed by atoms with Gasteiger partial charge >= 0.3 is 0 Å². The highest BCUT2D eigenvalue weighted by molar-refractivity contribution is 7.99. The number of amides is 1. The summed E-state index contributed by atoms with van der Waals surface area (Å²) in [4.78, 5) is 19.1. The van der Waals surface area contributed by atoms with Crippen molar-refractivity contribution in [3.05, 3.63) is 23.3 Å². The van der Waals surface area contributed by atoms with Crippen LogP contribution in [-0.4, -0.2) is 40.4 Å². The summed E-state index contributed by atoms with van der Waals surface area (Å²) in [7, 11) is 1.88. The number of aromatic nitrogens is 1. The highest BCUT2D eigenvalue weighted by Gasteiger charge is 2.27. The van der Waals surface area contributed by atoms with E-state index in [1.807, 2.05) is 29.8 Å². The third-order valence-electron chi connectivity index (χ3n) is 3.50. The molecule has 2 aromatic heterocycles. The van der Waals surface area contributed by atoms with E-state index < -0.39 is 0 Å². The number of carbonyl (C=O) groups is 1. The lowest BCUT2D eigenvalue weighted by atomic mass is 10.2. The van der Waals surface area contributed by atoms with Crippen LogP contribution in [0.4, 0.5) is 5.69 Å². The Balaban J connectivity index is 1.94. The van der Waals surface area contributed by atoms with Crippen LogP contribution in [0.5, 0.6) is 0 Å². The molecule has 1 amide bonds. The number of fused-ring (bicyclic) bond motifs is 1. The van der Waals surface area contributed by atoms with Gasteiger partial charge in [0.15, 0.2) is 0 Å². The Morgan fingerprint density at radius 1 is 1.58 bits per heavy atom. The largest absolute Gasteiger partial charge is 0.397 e. The van der Waals surface area contributed by atoms with E-state index >= 15 is 0 Å². The maximum Gasteiger partial charge on any atom is 0.266 e. The number of carbonyl (C=O) groups excluding carboxylic acids is 1. The van der Waals surface area contributed by atoms with E-state index in [2.05, 4.69) is 4.98 Å². The highest BCUT2D eigenvalue weighted by atomic mass is 32.2. The van der Waals surface area contributed by atoms with Gasteiger partial charge in [-0.15, -0.1) is 11.3 Å². The van der Waals surface area contributed by atoms with Crippen molar-refractivity contribution in [2.45, 2.75) is 12.5 Å². The molecule has 1 aliphatic rings. The molecule has 0 bridgehead atoms. The quantitative estimate of drug-likeness (QED) is 0.924. The molecule has 19 heavy (non-hydrogen) atoms. The van der Waals surface area contributed by atoms with E-state index in [-0.39, 0.29) is 5.91 Å². The second-order valence-corrected chi connectivity index (χ2v) is 6.85. The second kappa shape index (κ2) is 5.02. The van der Waals surface area contributed by atoms with Gasteiger partial charge in [-0.25, -0.2) is 0 Å². The topological polar surface area (TPSA) is 59.2 Å². The van der Waals surface area contributed by atoms with Crippen LogP contribution in [0.3, 0.4) is 0 Å². The SMILES string of the molecule is CN(C(=O)c1sc2cnccc2c1N)C1CCSC1. The molecule has 0 radical (unpaired) electrons. The normalized spacial score (nSPS) is 18.9. The van der Waals surface area contributed by atoms with Crippen molar-refractivity contribution >= 4 is 44.8 Å². The number of hydrogen-bond acceptors (Lipinski definition) is 5. The number of nitrogen functional groups attached to an aromatic ring is 1. The molecule has 1 saturated heterocycles. The first kappa shape index (κ1) is 12.7. The van der Waals surface area contributed by atoms with Crippen LogP contribution < -0.4 is 5.73 Å². The van der Waals surface area contributed by atoms with Crippen molar-refractivity contribution in [2.24, 2.45) is 0 Å². The number of pyridine rings is 1. The molecule has 0 aliphatic carbocycles. The molecule has 3 rings (SSSR count). The van der Waals surface area contributed by atoms with Gasteiger partial charge < -0.3 is 10.6 Å². The molecule has 4 nitrogen and oxygen atoms in total.